The summed E-state index contributed by atoms with van der Waals surface area (Å²) in [5.41, 5.74) is 1.32. The molecule has 2 N–H and O–H groups in total. The van der Waals surface area contributed by atoms with Crippen LogP contribution in [-0.2, 0) is 17.6 Å². The lowest BCUT2D eigenvalue weighted by atomic mass is 10.1. The summed E-state index contributed by atoms with van der Waals surface area (Å²) in [4.78, 5) is 4.69. The van der Waals surface area contributed by atoms with Crippen molar-refractivity contribution in [2.75, 3.05) is 26.2 Å². The zero-order chi connectivity index (χ0) is 17.2. The standard InChI is InChI=1S/C20H27N3O2/c1-2-6-17(7-3-1)10-12-21-20(23-16-19-9-5-15-25-19)22-13-11-18-8-4-14-24-18/h1-4,6-8,14,19H,5,9-13,15-16H2,(H2,21,22,23). The monoisotopic (exact) mass is 341 g/mol. The van der Waals surface area contributed by atoms with Gasteiger partial charge in [0.05, 0.1) is 18.9 Å². The van der Waals surface area contributed by atoms with E-state index in [2.05, 4.69) is 34.9 Å². The number of guanidine groups is 1. The molecule has 1 aromatic heterocycles. The minimum atomic E-state index is 0.262. The molecule has 1 unspecified atom stereocenters. The summed E-state index contributed by atoms with van der Waals surface area (Å²) in [5.74, 6) is 1.83. The molecule has 0 saturated carbocycles. The van der Waals surface area contributed by atoms with Gasteiger partial charge in [-0.25, -0.2) is 0 Å². The maximum atomic E-state index is 5.66. The third-order valence-electron chi connectivity index (χ3n) is 4.27. The van der Waals surface area contributed by atoms with Crippen molar-refractivity contribution in [3.63, 3.8) is 0 Å². The lowest BCUT2D eigenvalue weighted by Gasteiger charge is -2.14. The molecule has 0 radical (unpaired) electrons. The lowest BCUT2D eigenvalue weighted by molar-refractivity contribution is 0.117. The van der Waals surface area contributed by atoms with Crippen LogP contribution in [0.1, 0.15) is 24.2 Å². The Bertz CT molecular complexity index is 620. The van der Waals surface area contributed by atoms with E-state index in [9.17, 15) is 0 Å². The number of rotatable bonds is 8. The Labute approximate surface area is 149 Å². The fourth-order valence-corrected chi connectivity index (χ4v) is 2.88. The number of nitrogens with zero attached hydrogens (tertiary/aromatic N) is 1. The Morgan fingerprint density at radius 2 is 1.88 bits per heavy atom. The van der Waals surface area contributed by atoms with Crippen LogP contribution in [0.15, 0.2) is 58.1 Å². The highest BCUT2D eigenvalue weighted by Crippen LogP contribution is 2.11. The van der Waals surface area contributed by atoms with Crippen molar-refractivity contribution in [2.45, 2.75) is 31.8 Å². The van der Waals surface area contributed by atoms with Gasteiger partial charge >= 0.3 is 0 Å². The summed E-state index contributed by atoms with van der Waals surface area (Å²) in [6.07, 6.45) is 6.03. The van der Waals surface area contributed by atoms with E-state index < -0.39 is 0 Å². The zero-order valence-electron chi connectivity index (χ0n) is 14.6. The first-order valence-electron chi connectivity index (χ1n) is 9.10. The summed E-state index contributed by atoms with van der Waals surface area (Å²) in [6, 6.07) is 14.4. The highest BCUT2D eigenvalue weighted by atomic mass is 16.5. The predicted octanol–water partition coefficient (Wildman–Crippen LogP) is 2.78. The first kappa shape index (κ1) is 17.5. The minimum Gasteiger partial charge on any atom is -0.469 e. The van der Waals surface area contributed by atoms with Gasteiger partial charge in [0.25, 0.3) is 0 Å². The number of hydrogen-bond donors (Lipinski definition) is 2. The van der Waals surface area contributed by atoms with Crippen molar-refractivity contribution >= 4 is 5.96 Å². The third kappa shape index (κ3) is 6.27. The molecule has 2 aromatic rings. The summed E-state index contributed by atoms with van der Waals surface area (Å²) < 4.78 is 11.0. The Morgan fingerprint density at radius 3 is 2.60 bits per heavy atom. The molecule has 1 aliphatic heterocycles. The second-order valence-electron chi connectivity index (χ2n) is 6.24. The SMILES string of the molecule is c1ccc(CCNC(=NCC2CCCO2)NCCc2ccco2)cc1. The fourth-order valence-electron chi connectivity index (χ4n) is 2.88. The number of benzene rings is 1. The van der Waals surface area contributed by atoms with Crippen molar-refractivity contribution < 1.29 is 9.15 Å². The van der Waals surface area contributed by atoms with Crippen molar-refractivity contribution in [3.05, 3.63) is 60.1 Å². The van der Waals surface area contributed by atoms with Crippen LogP contribution in [0.5, 0.6) is 0 Å². The van der Waals surface area contributed by atoms with Crippen LogP contribution in [-0.4, -0.2) is 38.3 Å². The molecule has 0 bridgehead atoms. The molecule has 1 fully saturated rings. The summed E-state index contributed by atoms with van der Waals surface area (Å²) >= 11 is 0. The number of furan rings is 1. The molecule has 1 saturated heterocycles. The molecule has 0 spiro atoms. The predicted molar refractivity (Wildman–Crippen MR) is 99.8 cm³/mol. The molecule has 0 aliphatic carbocycles. The topological polar surface area (TPSA) is 58.8 Å². The van der Waals surface area contributed by atoms with Gasteiger partial charge in [-0.15, -0.1) is 0 Å². The molecule has 5 nitrogen and oxygen atoms in total. The first-order chi connectivity index (χ1) is 12.4. The smallest absolute Gasteiger partial charge is 0.191 e. The highest BCUT2D eigenvalue weighted by Gasteiger charge is 2.14. The maximum absolute atomic E-state index is 5.66. The van der Waals surface area contributed by atoms with Crippen molar-refractivity contribution in [1.29, 1.82) is 0 Å². The van der Waals surface area contributed by atoms with Gasteiger partial charge in [-0.1, -0.05) is 30.3 Å². The second kappa shape index (κ2) is 9.89. The van der Waals surface area contributed by atoms with Crippen molar-refractivity contribution in [3.8, 4) is 0 Å². The van der Waals surface area contributed by atoms with E-state index in [0.717, 1.165) is 57.1 Å². The summed E-state index contributed by atoms with van der Waals surface area (Å²) in [6.45, 7) is 3.21. The van der Waals surface area contributed by atoms with Crippen LogP contribution >= 0.6 is 0 Å². The molecule has 3 rings (SSSR count). The molecular formula is C20H27N3O2. The Kier molecular flexibility index (Phi) is 6.94. The van der Waals surface area contributed by atoms with Gasteiger partial charge in [0.1, 0.15) is 5.76 Å². The molecular weight excluding hydrogens is 314 g/mol. The van der Waals surface area contributed by atoms with Gasteiger partial charge in [0.2, 0.25) is 0 Å². The summed E-state index contributed by atoms with van der Waals surface area (Å²) in [5, 5.41) is 6.82. The van der Waals surface area contributed by atoms with Gasteiger partial charge in [0.15, 0.2) is 5.96 Å². The van der Waals surface area contributed by atoms with Crippen molar-refractivity contribution in [1.82, 2.24) is 10.6 Å². The third-order valence-corrected chi connectivity index (χ3v) is 4.27. The fraction of sp³-hybridized carbons (Fsp3) is 0.450. The van der Waals surface area contributed by atoms with E-state index in [1.165, 1.54) is 5.56 Å². The van der Waals surface area contributed by atoms with E-state index in [0.29, 0.717) is 6.54 Å². The van der Waals surface area contributed by atoms with E-state index in [-0.39, 0.29) is 6.10 Å². The maximum Gasteiger partial charge on any atom is 0.191 e. The van der Waals surface area contributed by atoms with Gasteiger partial charge < -0.3 is 19.8 Å². The average Bonchev–Trinajstić information content (AvgIpc) is 3.34. The van der Waals surface area contributed by atoms with E-state index >= 15 is 0 Å². The van der Waals surface area contributed by atoms with Gasteiger partial charge in [0, 0.05) is 26.1 Å². The molecule has 25 heavy (non-hydrogen) atoms. The van der Waals surface area contributed by atoms with Gasteiger partial charge in [-0.3, -0.25) is 4.99 Å². The Hall–Kier alpha value is -2.27. The Morgan fingerprint density at radius 1 is 1.04 bits per heavy atom. The highest BCUT2D eigenvalue weighted by molar-refractivity contribution is 5.79. The Balaban J connectivity index is 1.46. The van der Waals surface area contributed by atoms with Crippen molar-refractivity contribution in [2.24, 2.45) is 4.99 Å². The molecule has 1 aromatic carbocycles. The lowest BCUT2D eigenvalue weighted by Crippen LogP contribution is -2.40. The minimum absolute atomic E-state index is 0.262. The van der Waals surface area contributed by atoms with Gasteiger partial charge in [-0.2, -0.15) is 0 Å². The first-order valence-corrected chi connectivity index (χ1v) is 9.10. The largest absolute Gasteiger partial charge is 0.469 e. The van der Waals surface area contributed by atoms with E-state index in [1.54, 1.807) is 6.26 Å². The molecule has 5 heteroatoms. The van der Waals surface area contributed by atoms with Crippen LogP contribution in [0.25, 0.3) is 0 Å². The van der Waals surface area contributed by atoms with Crippen LogP contribution in [0.4, 0.5) is 0 Å². The number of nitrogens with one attached hydrogen (secondary N) is 2. The molecule has 0 amide bonds. The molecule has 134 valence electrons. The van der Waals surface area contributed by atoms with Gasteiger partial charge in [-0.05, 0) is 37.0 Å². The second-order valence-corrected chi connectivity index (χ2v) is 6.24. The normalized spacial score (nSPS) is 17.6. The van der Waals surface area contributed by atoms with Crippen LogP contribution < -0.4 is 10.6 Å². The average molecular weight is 341 g/mol. The van der Waals surface area contributed by atoms with E-state index in [4.69, 9.17) is 14.1 Å². The molecule has 1 aliphatic rings. The van der Waals surface area contributed by atoms with Crippen LogP contribution in [0, 0.1) is 0 Å². The zero-order valence-corrected chi connectivity index (χ0v) is 14.6. The quantitative estimate of drug-likeness (QED) is 0.573. The van der Waals surface area contributed by atoms with Crippen LogP contribution in [0.2, 0.25) is 0 Å². The molecule has 2 heterocycles. The molecule has 1 atom stereocenters. The summed E-state index contributed by atoms with van der Waals surface area (Å²) in [7, 11) is 0. The van der Waals surface area contributed by atoms with Crippen LogP contribution in [0.3, 0.4) is 0 Å². The number of aliphatic imine (C=N–C) groups is 1. The van der Waals surface area contributed by atoms with E-state index in [1.807, 2.05) is 18.2 Å². The number of hydrogen-bond acceptors (Lipinski definition) is 3. The number of ether oxygens (including phenoxy) is 1.